The number of halogens is 2. The van der Waals surface area contributed by atoms with Crippen molar-refractivity contribution in [2.75, 3.05) is 5.32 Å². The number of nitrogens with zero attached hydrogens (tertiary/aromatic N) is 6. The standard InChI is InChI=1S/C22H21F2N7O/c1-3-31-11-10-17(29-31)26-22-25-12-14-6-9-16-18(19(14)27-22)20(30(2)28-16)13-4-7-15(8-5-13)32-21(23)24/h4-5,7-8,10-12,21H,3,6,9H2,1-2H3,(H,25,26,27,29). The third-order valence-electron chi connectivity index (χ3n) is 5.41. The van der Waals surface area contributed by atoms with Crippen LogP contribution in [0.5, 0.6) is 5.75 Å². The molecule has 0 unspecified atom stereocenters. The van der Waals surface area contributed by atoms with Gasteiger partial charge in [0.15, 0.2) is 5.82 Å². The molecule has 0 radical (unpaired) electrons. The third kappa shape index (κ3) is 3.68. The molecule has 1 aromatic carbocycles. The van der Waals surface area contributed by atoms with Crippen molar-refractivity contribution in [3.05, 3.63) is 54.0 Å². The van der Waals surface area contributed by atoms with Crippen LogP contribution in [0, 0.1) is 0 Å². The van der Waals surface area contributed by atoms with E-state index in [-0.39, 0.29) is 5.75 Å². The van der Waals surface area contributed by atoms with Crippen molar-refractivity contribution >= 4 is 11.8 Å². The first-order valence-corrected chi connectivity index (χ1v) is 10.3. The number of rotatable bonds is 6. The minimum atomic E-state index is -2.86. The Morgan fingerprint density at radius 3 is 2.66 bits per heavy atom. The van der Waals surface area contributed by atoms with Crippen molar-refractivity contribution in [2.24, 2.45) is 7.05 Å². The van der Waals surface area contributed by atoms with Crippen LogP contribution >= 0.6 is 0 Å². The van der Waals surface area contributed by atoms with Gasteiger partial charge in [0.1, 0.15) is 5.75 Å². The highest BCUT2D eigenvalue weighted by Gasteiger charge is 2.27. The number of aryl methyl sites for hydroxylation is 4. The van der Waals surface area contributed by atoms with E-state index in [2.05, 4.69) is 20.1 Å². The number of aromatic nitrogens is 6. The molecule has 4 aromatic rings. The topological polar surface area (TPSA) is 82.7 Å². The van der Waals surface area contributed by atoms with Gasteiger partial charge in [-0.25, -0.2) is 9.97 Å². The summed E-state index contributed by atoms with van der Waals surface area (Å²) in [6.07, 6.45) is 5.30. The summed E-state index contributed by atoms with van der Waals surface area (Å²) in [5.41, 5.74) is 5.43. The average molecular weight is 437 g/mol. The van der Waals surface area contributed by atoms with Crippen LogP contribution < -0.4 is 10.1 Å². The highest BCUT2D eigenvalue weighted by molar-refractivity contribution is 5.84. The Bertz CT molecular complexity index is 1260. The van der Waals surface area contributed by atoms with Crippen molar-refractivity contribution in [3.8, 4) is 28.3 Å². The highest BCUT2D eigenvalue weighted by atomic mass is 19.3. The number of hydrogen-bond donors (Lipinski definition) is 1. The summed E-state index contributed by atoms with van der Waals surface area (Å²) in [5.74, 6) is 1.23. The van der Waals surface area contributed by atoms with E-state index >= 15 is 0 Å². The molecule has 10 heteroatoms. The molecule has 1 N–H and O–H groups in total. The van der Waals surface area contributed by atoms with Crippen LogP contribution in [0.15, 0.2) is 42.7 Å². The van der Waals surface area contributed by atoms with Crippen molar-refractivity contribution in [2.45, 2.75) is 32.9 Å². The Hall–Kier alpha value is -3.82. The molecule has 0 amide bonds. The van der Waals surface area contributed by atoms with Crippen LogP contribution in [-0.4, -0.2) is 36.1 Å². The van der Waals surface area contributed by atoms with Gasteiger partial charge in [-0.15, -0.1) is 0 Å². The van der Waals surface area contributed by atoms with Gasteiger partial charge in [0.2, 0.25) is 5.95 Å². The number of alkyl halides is 2. The van der Waals surface area contributed by atoms with E-state index in [1.165, 1.54) is 12.1 Å². The van der Waals surface area contributed by atoms with Gasteiger partial charge in [-0.3, -0.25) is 9.36 Å². The number of hydrogen-bond acceptors (Lipinski definition) is 6. The first-order valence-electron chi connectivity index (χ1n) is 10.3. The van der Waals surface area contributed by atoms with Gasteiger partial charge < -0.3 is 10.1 Å². The molecule has 3 aromatic heterocycles. The van der Waals surface area contributed by atoms with Crippen LogP contribution in [0.4, 0.5) is 20.5 Å². The lowest BCUT2D eigenvalue weighted by atomic mass is 9.91. The van der Waals surface area contributed by atoms with Crippen LogP contribution in [0.3, 0.4) is 0 Å². The predicted octanol–water partition coefficient (Wildman–Crippen LogP) is 4.20. The molecule has 0 bridgehead atoms. The molecule has 0 saturated carbocycles. The Balaban J connectivity index is 1.54. The number of ether oxygens (including phenoxy) is 1. The van der Waals surface area contributed by atoms with E-state index in [0.29, 0.717) is 11.8 Å². The van der Waals surface area contributed by atoms with Gasteiger partial charge in [-0.2, -0.15) is 19.0 Å². The molecule has 0 aliphatic heterocycles. The van der Waals surface area contributed by atoms with Crippen LogP contribution in [0.1, 0.15) is 18.2 Å². The second-order valence-corrected chi connectivity index (χ2v) is 7.45. The minimum absolute atomic E-state index is 0.112. The van der Waals surface area contributed by atoms with E-state index < -0.39 is 6.61 Å². The molecule has 1 aliphatic carbocycles. The number of benzene rings is 1. The fourth-order valence-electron chi connectivity index (χ4n) is 3.97. The molecule has 5 rings (SSSR count). The Morgan fingerprint density at radius 2 is 1.94 bits per heavy atom. The van der Waals surface area contributed by atoms with Gasteiger partial charge in [-0.1, -0.05) is 0 Å². The Morgan fingerprint density at radius 1 is 1.12 bits per heavy atom. The zero-order chi connectivity index (χ0) is 22.2. The summed E-state index contributed by atoms with van der Waals surface area (Å²) in [7, 11) is 1.87. The molecular weight excluding hydrogens is 416 g/mol. The monoisotopic (exact) mass is 437 g/mol. The maximum atomic E-state index is 12.5. The SMILES string of the molecule is CCn1ccc(Nc2ncc3c(n2)-c2c(nn(C)c2-c2ccc(OC(F)F)cc2)CC3)n1. The molecular formula is C22H21F2N7O. The second kappa shape index (κ2) is 8.03. The summed E-state index contributed by atoms with van der Waals surface area (Å²) in [6, 6.07) is 8.43. The molecule has 1 aliphatic rings. The van der Waals surface area contributed by atoms with Gasteiger partial charge >= 0.3 is 6.61 Å². The van der Waals surface area contributed by atoms with Crippen LogP contribution in [-0.2, 0) is 26.4 Å². The fourth-order valence-corrected chi connectivity index (χ4v) is 3.97. The number of fused-ring (bicyclic) bond motifs is 3. The average Bonchev–Trinajstić information content (AvgIpc) is 3.37. The Kier molecular flexibility index (Phi) is 5.04. The third-order valence-corrected chi connectivity index (χ3v) is 5.41. The van der Waals surface area contributed by atoms with E-state index in [9.17, 15) is 8.78 Å². The highest BCUT2D eigenvalue weighted by Crippen LogP contribution is 2.40. The molecule has 0 fully saturated rings. The minimum Gasteiger partial charge on any atom is -0.435 e. The predicted molar refractivity (Wildman–Crippen MR) is 115 cm³/mol. The summed E-state index contributed by atoms with van der Waals surface area (Å²) < 4.78 is 33.1. The summed E-state index contributed by atoms with van der Waals surface area (Å²) in [4.78, 5) is 9.25. The van der Waals surface area contributed by atoms with Crippen molar-refractivity contribution in [3.63, 3.8) is 0 Å². The first-order chi connectivity index (χ1) is 15.5. The van der Waals surface area contributed by atoms with E-state index in [0.717, 1.165) is 53.2 Å². The summed E-state index contributed by atoms with van der Waals surface area (Å²) >= 11 is 0. The molecule has 32 heavy (non-hydrogen) atoms. The smallest absolute Gasteiger partial charge is 0.387 e. The van der Waals surface area contributed by atoms with Gasteiger partial charge in [0, 0.05) is 43.2 Å². The lowest BCUT2D eigenvalue weighted by molar-refractivity contribution is -0.0498. The fraction of sp³-hybridized carbons (Fsp3) is 0.273. The largest absolute Gasteiger partial charge is 0.435 e. The first kappa shape index (κ1) is 20.1. The maximum absolute atomic E-state index is 12.5. The van der Waals surface area contributed by atoms with E-state index in [4.69, 9.17) is 10.1 Å². The van der Waals surface area contributed by atoms with E-state index in [1.807, 2.05) is 37.1 Å². The zero-order valence-corrected chi connectivity index (χ0v) is 17.6. The molecule has 0 saturated heterocycles. The lowest BCUT2D eigenvalue weighted by Crippen LogP contribution is -2.09. The summed E-state index contributed by atoms with van der Waals surface area (Å²) in [5, 5.41) is 12.3. The van der Waals surface area contributed by atoms with Crippen molar-refractivity contribution in [1.82, 2.24) is 29.5 Å². The molecule has 0 spiro atoms. The number of anilines is 2. The summed E-state index contributed by atoms with van der Waals surface area (Å²) in [6.45, 7) is -0.0661. The zero-order valence-electron chi connectivity index (χ0n) is 17.6. The van der Waals surface area contributed by atoms with Crippen molar-refractivity contribution in [1.29, 1.82) is 0 Å². The molecule has 3 heterocycles. The van der Waals surface area contributed by atoms with Gasteiger partial charge in [0.25, 0.3) is 0 Å². The van der Waals surface area contributed by atoms with Crippen LogP contribution in [0.25, 0.3) is 22.5 Å². The molecule has 8 nitrogen and oxygen atoms in total. The Labute approximate surface area is 182 Å². The van der Waals surface area contributed by atoms with E-state index in [1.54, 1.807) is 16.8 Å². The molecule has 164 valence electrons. The normalized spacial score (nSPS) is 12.5. The molecule has 0 atom stereocenters. The van der Waals surface area contributed by atoms with Crippen LogP contribution in [0.2, 0.25) is 0 Å². The number of nitrogens with one attached hydrogen (secondary N) is 1. The lowest BCUT2D eigenvalue weighted by Gasteiger charge is -2.17. The quantitative estimate of drug-likeness (QED) is 0.487. The second-order valence-electron chi connectivity index (χ2n) is 7.45. The van der Waals surface area contributed by atoms with Gasteiger partial charge in [-0.05, 0) is 49.6 Å². The maximum Gasteiger partial charge on any atom is 0.387 e. The van der Waals surface area contributed by atoms with Crippen molar-refractivity contribution < 1.29 is 13.5 Å². The van der Waals surface area contributed by atoms with Gasteiger partial charge in [0.05, 0.1) is 17.1 Å².